The third-order valence-corrected chi connectivity index (χ3v) is 6.12. The zero-order valence-electron chi connectivity index (χ0n) is 16.1. The summed E-state index contributed by atoms with van der Waals surface area (Å²) in [4.78, 5) is 37.6. The molecule has 2 aromatic rings. The summed E-state index contributed by atoms with van der Waals surface area (Å²) < 4.78 is 1.46. The standard InChI is InChI=1S/C20H27N5O2/c1-3-9-25-11-6-16-17(22-14-21-16)20(25)7-12-24(13-8-20)19(27)15-5-4-10-23(2)18(15)26/h4-5,10,14H,3,6-9,11-13H2,1-2H3,(H,21,22). The van der Waals surface area contributed by atoms with Crippen molar-refractivity contribution in [1.82, 2.24) is 24.3 Å². The molecular formula is C20H27N5O2. The fourth-order valence-electron chi connectivity index (χ4n) is 4.68. The van der Waals surface area contributed by atoms with Gasteiger partial charge >= 0.3 is 0 Å². The van der Waals surface area contributed by atoms with E-state index in [9.17, 15) is 9.59 Å². The summed E-state index contributed by atoms with van der Waals surface area (Å²) in [5, 5.41) is 0. The molecule has 1 spiro atoms. The minimum absolute atomic E-state index is 0.0952. The molecule has 0 atom stereocenters. The Bertz CT molecular complexity index is 892. The number of amides is 1. The van der Waals surface area contributed by atoms with E-state index < -0.39 is 0 Å². The number of H-pyrrole nitrogens is 1. The second kappa shape index (κ2) is 6.96. The number of fused-ring (bicyclic) bond motifs is 2. The number of carbonyl (C=O) groups is 1. The normalized spacial score (nSPS) is 19.3. The summed E-state index contributed by atoms with van der Waals surface area (Å²) in [5.41, 5.74) is 2.32. The Labute approximate surface area is 159 Å². The van der Waals surface area contributed by atoms with Gasteiger partial charge in [-0.05, 0) is 37.9 Å². The number of likely N-dealkylation sites (tertiary alicyclic amines) is 1. The summed E-state index contributed by atoms with van der Waals surface area (Å²) in [6.07, 6.45) is 7.28. The minimum atomic E-state index is -0.234. The molecule has 0 aromatic carbocycles. The molecule has 0 aliphatic carbocycles. The molecular weight excluding hydrogens is 342 g/mol. The number of aryl methyl sites for hydroxylation is 1. The second-order valence-electron chi connectivity index (χ2n) is 7.63. The van der Waals surface area contributed by atoms with Gasteiger partial charge in [-0.2, -0.15) is 0 Å². The summed E-state index contributed by atoms with van der Waals surface area (Å²) in [6, 6.07) is 3.38. The fraction of sp³-hybridized carbons (Fsp3) is 0.550. The Morgan fingerprint density at radius 2 is 2.07 bits per heavy atom. The van der Waals surface area contributed by atoms with Crippen molar-refractivity contribution in [3.05, 3.63) is 52.0 Å². The molecule has 7 heteroatoms. The van der Waals surface area contributed by atoms with Crippen LogP contribution >= 0.6 is 0 Å². The Kier molecular flexibility index (Phi) is 4.63. The maximum absolute atomic E-state index is 12.9. The molecule has 2 aliphatic heterocycles. The molecule has 2 aromatic heterocycles. The molecule has 4 heterocycles. The highest BCUT2D eigenvalue weighted by Gasteiger charge is 2.46. The first-order valence-electron chi connectivity index (χ1n) is 9.79. The first-order chi connectivity index (χ1) is 13.1. The third kappa shape index (κ3) is 2.90. The van der Waals surface area contributed by atoms with E-state index in [2.05, 4.69) is 21.8 Å². The lowest BCUT2D eigenvalue weighted by molar-refractivity contribution is 0.00701. The predicted molar refractivity (Wildman–Crippen MR) is 103 cm³/mol. The summed E-state index contributed by atoms with van der Waals surface area (Å²) in [7, 11) is 1.67. The summed E-state index contributed by atoms with van der Waals surface area (Å²) in [6.45, 7) is 5.56. The lowest BCUT2D eigenvalue weighted by atomic mass is 9.78. The van der Waals surface area contributed by atoms with E-state index in [0.29, 0.717) is 13.1 Å². The predicted octanol–water partition coefficient (Wildman–Crippen LogP) is 1.51. The van der Waals surface area contributed by atoms with Crippen LogP contribution in [0.4, 0.5) is 0 Å². The molecule has 27 heavy (non-hydrogen) atoms. The van der Waals surface area contributed by atoms with Crippen LogP contribution in [-0.2, 0) is 19.0 Å². The van der Waals surface area contributed by atoms with Crippen LogP contribution in [0.2, 0.25) is 0 Å². The molecule has 1 N–H and O–H groups in total. The van der Waals surface area contributed by atoms with Crippen molar-refractivity contribution in [2.75, 3.05) is 26.2 Å². The van der Waals surface area contributed by atoms with Gasteiger partial charge in [0.2, 0.25) is 0 Å². The summed E-state index contributed by atoms with van der Waals surface area (Å²) in [5.74, 6) is -0.161. The molecule has 1 amide bonds. The number of aromatic nitrogens is 3. The van der Waals surface area contributed by atoms with Crippen LogP contribution in [0.15, 0.2) is 29.5 Å². The van der Waals surface area contributed by atoms with Crippen molar-refractivity contribution in [2.24, 2.45) is 7.05 Å². The molecule has 1 fully saturated rings. The van der Waals surface area contributed by atoms with Crippen molar-refractivity contribution in [1.29, 1.82) is 0 Å². The van der Waals surface area contributed by atoms with Crippen molar-refractivity contribution < 1.29 is 4.79 Å². The van der Waals surface area contributed by atoms with Crippen molar-refractivity contribution in [3.8, 4) is 0 Å². The lowest BCUT2D eigenvalue weighted by Crippen LogP contribution is -2.57. The number of hydrogen-bond donors (Lipinski definition) is 1. The molecule has 1 saturated heterocycles. The fourth-order valence-corrected chi connectivity index (χ4v) is 4.68. The van der Waals surface area contributed by atoms with Gasteiger partial charge in [-0.15, -0.1) is 0 Å². The van der Waals surface area contributed by atoms with E-state index in [1.807, 2.05) is 4.90 Å². The van der Waals surface area contributed by atoms with Crippen molar-refractivity contribution >= 4 is 5.91 Å². The van der Waals surface area contributed by atoms with Crippen LogP contribution in [-0.4, -0.2) is 56.4 Å². The number of aromatic amines is 1. The summed E-state index contributed by atoms with van der Waals surface area (Å²) >= 11 is 0. The highest BCUT2D eigenvalue weighted by Crippen LogP contribution is 2.42. The topological polar surface area (TPSA) is 74.2 Å². The van der Waals surface area contributed by atoms with Gasteiger partial charge in [0.05, 0.1) is 17.6 Å². The number of piperidine rings is 1. The van der Waals surface area contributed by atoms with E-state index in [1.165, 1.54) is 10.3 Å². The first kappa shape index (κ1) is 18.0. The largest absolute Gasteiger partial charge is 0.348 e. The molecule has 0 unspecified atom stereocenters. The van der Waals surface area contributed by atoms with Gasteiger partial charge in [0.15, 0.2) is 0 Å². The second-order valence-corrected chi connectivity index (χ2v) is 7.63. The van der Waals surface area contributed by atoms with Gasteiger partial charge in [-0.1, -0.05) is 6.92 Å². The molecule has 7 nitrogen and oxygen atoms in total. The highest BCUT2D eigenvalue weighted by molar-refractivity contribution is 5.93. The van der Waals surface area contributed by atoms with Crippen molar-refractivity contribution in [3.63, 3.8) is 0 Å². The van der Waals surface area contributed by atoms with E-state index in [-0.39, 0.29) is 22.6 Å². The number of rotatable bonds is 3. The Balaban J connectivity index is 1.58. The SMILES string of the molecule is CCCN1CCc2[nH]cnc2C12CCN(C(=O)c1cccn(C)c1=O)CC2. The molecule has 0 bridgehead atoms. The average molecular weight is 369 g/mol. The minimum Gasteiger partial charge on any atom is -0.348 e. The first-order valence-corrected chi connectivity index (χ1v) is 9.79. The van der Waals surface area contributed by atoms with Gasteiger partial charge in [0.25, 0.3) is 11.5 Å². The van der Waals surface area contributed by atoms with E-state index in [4.69, 9.17) is 0 Å². The van der Waals surface area contributed by atoms with E-state index >= 15 is 0 Å². The lowest BCUT2D eigenvalue weighted by Gasteiger charge is -2.50. The van der Waals surface area contributed by atoms with Crippen LogP contribution in [0, 0.1) is 0 Å². The molecule has 144 valence electrons. The molecule has 0 saturated carbocycles. The van der Waals surface area contributed by atoms with Crippen LogP contribution in [0.25, 0.3) is 0 Å². The maximum Gasteiger partial charge on any atom is 0.263 e. The van der Waals surface area contributed by atoms with Gasteiger partial charge in [0, 0.05) is 45.0 Å². The Hall–Kier alpha value is -2.41. The number of imidazole rings is 1. The highest BCUT2D eigenvalue weighted by atomic mass is 16.2. The van der Waals surface area contributed by atoms with Gasteiger partial charge < -0.3 is 14.5 Å². The van der Waals surface area contributed by atoms with Gasteiger partial charge in [-0.3, -0.25) is 14.5 Å². The Morgan fingerprint density at radius 3 is 2.81 bits per heavy atom. The van der Waals surface area contributed by atoms with Gasteiger partial charge in [-0.25, -0.2) is 4.98 Å². The Morgan fingerprint density at radius 1 is 1.30 bits per heavy atom. The van der Waals surface area contributed by atoms with Crippen LogP contribution < -0.4 is 5.56 Å². The molecule has 0 radical (unpaired) electrons. The number of nitrogens with zero attached hydrogens (tertiary/aromatic N) is 4. The van der Waals surface area contributed by atoms with Crippen molar-refractivity contribution in [2.45, 2.75) is 38.1 Å². The number of pyridine rings is 1. The van der Waals surface area contributed by atoms with Crippen LogP contribution in [0.3, 0.4) is 0 Å². The number of hydrogen-bond acceptors (Lipinski definition) is 4. The zero-order chi connectivity index (χ0) is 19.0. The van der Waals surface area contributed by atoms with Gasteiger partial charge in [0.1, 0.15) is 5.56 Å². The number of carbonyl (C=O) groups excluding carboxylic acids is 1. The monoisotopic (exact) mass is 369 g/mol. The van der Waals surface area contributed by atoms with E-state index in [0.717, 1.165) is 44.5 Å². The molecule has 2 aliphatic rings. The van der Waals surface area contributed by atoms with Crippen LogP contribution in [0.5, 0.6) is 0 Å². The maximum atomic E-state index is 12.9. The quantitative estimate of drug-likeness (QED) is 0.890. The van der Waals surface area contributed by atoms with E-state index in [1.54, 1.807) is 31.7 Å². The smallest absolute Gasteiger partial charge is 0.263 e. The number of nitrogens with one attached hydrogen (secondary N) is 1. The average Bonchev–Trinajstić information content (AvgIpc) is 3.17. The zero-order valence-corrected chi connectivity index (χ0v) is 16.1. The van der Waals surface area contributed by atoms with Crippen LogP contribution in [0.1, 0.15) is 47.9 Å². The molecule has 4 rings (SSSR count). The third-order valence-electron chi connectivity index (χ3n) is 6.12.